The molecule has 224 valence electrons. The van der Waals surface area contributed by atoms with Gasteiger partial charge in [-0.25, -0.2) is 13.9 Å². The Morgan fingerprint density at radius 3 is 2.20 bits per heavy atom. The summed E-state index contributed by atoms with van der Waals surface area (Å²) in [5, 5.41) is 0. The highest BCUT2D eigenvalue weighted by Crippen LogP contribution is 2.27. The molecule has 1 aromatic heterocycles. The molecule has 1 aromatic carbocycles. The molecule has 0 aliphatic rings. The molecule has 2 atom stereocenters. The van der Waals surface area contributed by atoms with E-state index in [9.17, 15) is 9.59 Å². The van der Waals surface area contributed by atoms with Crippen molar-refractivity contribution in [1.82, 2.24) is 4.57 Å². The summed E-state index contributed by atoms with van der Waals surface area (Å²) in [6, 6.07) is 10.5. The molecule has 0 aliphatic heterocycles. The molecule has 0 bridgehead atoms. The first kappa shape index (κ1) is 35.9. The molecule has 0 aliphatic carbocycles. The maximum atomic E-state index is 12.7. The SMILES string of the molecule is C=C(C)C(=O)OC(CCCCCCCC)C(CCCCCCCC(=O)OC)n1cc[n+](Cc2ccccc2)c1.[I-]. The van der Waals surface area contributed by atoms with Gasteiger partial charge in [0.25, 0.3) is 0 Å². The fourth-order valence-electron chi connectivity index (χ4n) is 4.97. The number of halogens is 1. The first-order valence-corrected chi connectivity index (χ1v) is 15.0. The lowest BCUT2D eigenvalue weighted by molar-refractivity contribution is -0.688. The number of benzene rings is 1. The summed E-state index contributed by atoms with van der Waals surface area (Å²) in [5.41, 5.74) is 1.69. The summed E-state index contributed by atoms with van der Waals surface area (Å²) in [5.74, 6) is -0.438. The second-order valence-corrected chi connectivity index (χ2v) is 10.7. The fraction of sp³-hybridized carbons (Fsp3) is 0.606. The van der Waals surface area contributed by atoms with E-state index in [2.05, 4.69) is 65.6 Å². The van der Waals surface area contributed by atoms with Crippen molar-refractivity contribution >= 4 is 11.9 Å². The van der Waals surface area contributed by atoms with Crippen LogP contribution in [-0.2, 0) is 25.6 Å². The predicted octanol–water partition coefficient (Wildman–Crippen LogP) is 4.51. The number of unbranched alkanes of at least 4 members (excludes halogenated alkanes) is 9. The highest BCUT2D eigenvalue weighted by molar-refractivity contribution is 5.87. The second kappa shape index (κ2) is 21.6. The molecular weight excluding hydrogens is 615 g/mol. The topological polar surface area (TPSA) is 61.4 Å². The Morgan fingerprint density at radius 1 is 0.925 bits per heavy atom. The highest BCUT2D eigenvalue weighted by atomic mass is 127. The van der Waals surface area contributed by atoms with Gasteiger partial charge in [0, 0.05) is 12.0 Å². The molecule has 40 heavy (non-hydrogen) atoms. The molecule has 2 unspecified atom stereocenters. The molecule has 0 saturated carbocycles. The Bertz CT molecular complexity index is 976. The lowest BCUT2D eigenvalue weighted by Gasteiger charge is -2.25. The highest BCUT2D eigenvalue weighted by Gasteiger charge is 2.30. The van der Waals surface area contributed by atoms with E-state index < -0.39 is 0 Å². The zero-order chi connectivity index (χ0) is 28.3. The van der Waals surface area contributed by atoms with Crippen molar-refractivity contribution in [3.05, 3.63) is 66.8 Å². The van der Waals surface area contributed by atoms with E-state index >= 15 is 0 Å². The molecular formula is C33H51IN2O4. The molecule has 0 amide bonds. The van der Waals surface area contributed by atoms with Gasteiger partial charge in [-0.2, -0.15) is 0 Å². The van der Waals surface area contributed by atoms with Crippen LogP contribution in [0.3, 0.4) is 0 Å². The van der Waals surface area contributed by atoms with Crippen LogP contribution >= 0.6 is 0 Å². The van der Waals surface area contributed by atoms with Gasteiger partial charge in [0.15, 0.2) is 0 Å². The van der Waals surface area contributed by atoms with E-state index in [0.29, 0.717) is 12.0 Å². The molecule has 0 fully saturated rings. The van der Waals surface area contributed by atoms with Crippen LogP contribution in [0.25, 0.3) is 0 Å². The molecule has 2 aromatic rings. The lowest BCUT2D eigenvalue weighted by Crippen LogP contribution is -3.00. The van der Waals surface area contributed by atoms with Crippen LogP contribution in [0.2, 0.25) is 0 Å². The van der Waals surface area contributed by atoms with Crippen LogP contribution in [0.1, 0.15) is 115 Å². The van der Waals surface area contributed by atoms with Gasteiger partial charge < -0.3 is 33.5 Å². The second-order valence-electron chi connectivity index (χ2n) is 10.7. The normalized spacial score (nSPS) is 12.3. The molecule has 1 heterocycles. The van der Waals surface area contributed by atoms with Gasteiger partial charge in [-0.05, 0) is 44.6 Å². The van der Waals surface area contributed by atoms with Crippen LogP contribution in [0.5, 0.6) is 0 Å². The largest absolute Gasteiger partial charge is 1.00 e. The summed E-state index contributed by atoms with van der Waals surface area (Å²) < 4.78 is 15.3. The first-order valence-electron chi connectivity index (χ1n) is 15.0. The quantitative estimate of drug-likeness (QED) is 0.0648. The van der Waals surface area contributed by atoms with Crippen molar-refractivity contribution in [1.29, 1.82) is 0 Å². The average Bonchev–Trinajstić information content (AvgIpc) is 3.39. The van der Waals surface area contributed by atoms with Gasteiger partial charge in [-0.15, -0.1) is 0 Å². The average molecular weight is 667 g/mol. The van der Waals surface area contributed by atoms with Crippen LogP contribution in [0.15, 0.2) is 61.2 Å². The zero-order valence-corrected chi connectivity index (χ0v) is 27.2. The number of carbonyl (C=O) groups excluding carboxylic acids is 2. The van der Waals surface area contributed by atoms with Crippen molar-refractivity contribution in [2.24, 2.45) is 0 Å². The fourth-order valence-corrected chi connectivity index (χ4v) is 4.97. The van der Waals surface area contributed by atoms with Gasteiger partial charge in [0.1, 0.15) is 31.1 Å². The predicted molar refractivity (Wildman–Crippen MR) is 156 cm³/mol. The number of nitrogens with zero attached hydrogens (tertiary/aromatic N) is 2. The van der Waals surface area contributed by atoms with E-state index in [1.165, 1.54) is 38.4 Å². The smallest absolute Gasteiger partial charge is 0.333 e. The minimum atomic E-state index is -0.303. The van der Waals surface area contributed by atoms with Crippen LogP contribution < -0.4 is 28.5 Å². The van der Waals surface area contributed by atoms with Crippen LogP contribution in [0.4, 0.5) is 0 Å². The maximum absolute atomic E-state index is 12.7. The standard InChI is InChI=1S/C33H51N2O4.HI/c1-5-6-7-8-11-17-22-31(39-33(37)28(2)3)30(21-16-10-9-12-18-23-32(36)38-4)35-25-24-34(27-35)26-29-19-14-13-15-20-29;/h13-15,19-20,24-25,27,30-31H,2,5-12,16-18,21-23,26H2,1,3-4H3;1H/q+1;/p-1. The minimum Gasteiger partial charge on any atom is -1.00 e. The Kier molecular flexibility index (Phi) is 19.3. The van der Waals surface area contributed by atoms with Gasteiger partial charge in [-0.1, -0.05) is 95.2 Å². The number of aromatic nitrogens is 2. The minimum absolute atomic E-state index is 0. The lowest BCUT2D eigenvalue weighted by atomic mass is 9.97. The van der Waals surface area contributed by atoms with Gasteiger partial charge in [0.2, 0.25) is 6.33 Å². The molecule has 6 nitrogen and oxygen atoms in total. The molecule has 2 rings (SSSR count). The maximum Gasteiger partial charge on any atom is 0.333 e. The first-order chi connectivity index (χ1) is 18.9. The van der Waals surface area contributed by atoms with Crippen LogP contribution in [-0.4, -0.2) is 29.7 Å². The summed E-state index contributed by atoms with van der Waals surface area (Å²) in [6.45, 7) is 8.58. The van der Waals surface area contributed by atoms with Crippen molar-refractivity contribution in [2.75, 3.05) is 7.11 Å². The number of hydrogen-bond donors (Lipinski definition) is 0. The zero-order valence-electron chi connectivity index (χ0n) is 25.0. The van der Waals surface area contributed by atoms with E-state index in [0.717, 1.165) is 64.3 Å². The van der Waals surface area contributed by atoms with Crippen molar-refractivity contribution in [3.8, 4) is 0 Å². The summed E-state index contributed by atoms with van der Waals surface area (Å²) >= 11 is 0. The van der Waals surface area contributed by atoms with Gasteiger partial charge in [0.05, 0.1) is 7.11 Å². The molecule has 0 saturated heterocycles. The molecule has 7 heteroatoms. The third kappa shape index (κ3) is 14.5. The van der Waals surface area contributed by atoms with Gasteiger partial charge >= 0.3 is 11.9 Å². The van der Waals surface area contributed by atoms with E-state index in [1.807, 2.05) is 6.07 Å². The van der Waals surface area contributed by atoms with Gasteiger partial charge in [-0.3, -0.25) is 4.79 Å². The number of imidazole rings is 1. The number of methoxy groups -OCH3 is 1. The molecule has 0 radical (unpaired) electrons. The summed E-state index contributed by atoms with van der Waals surface area (Å²) in [7, 11) is 1.44. The Morgan fingerprint density at radius 2 is 1.55 bits per heavy atom. The Hall–Kier alpha value is -2.16. The van der Waals surface area contributed by atoms with Crippen LogP contribution in [0, 0.1) is 0 Å². The summed E-state index contributed by atoms with van der Waals surface area (Å²) in [4.78, 5) is 24.0. The van der Waals surface area contributed by atoms with Crippen molar-refractivity contribution in [3.63, 3.8) is 0 Å². The number of rotatable bonds is 21. The Labute approximate surface area is 259 Å². The molecule has 0 spiro atoms. The van der Waals surface area contributed by atoms with Crippen molar-refractivity contribution in [2.45, 2.75) is 122 Å². The third-order valence-corrected chi connectivity index (χ3v) is 7.29. The third-order valence-electron chi connectivity index (χ3n) is 7.29. The Balaban J connectivity index is 0.00000800. The number of carbonyl (C=O) groups is 2. The molecule has 0 N–H and O–H groups in total. The number of ether oxygens (including phenoxy) is 2. The van der Waals surface area contributed by atoms with E-state index in [4.69, 9.17) is 9.47 Å². The number of hydrogen-bond acceptors (Lipinski definition) is 4. The summed E-state index contributed by atoms with van der Waals surface area (Å²) in [6.07, 6.45) is 20.8. The van der Waals surface area contributed by atoms with E-state index in [-0.39, 0.29) is 48.1 Å². The van der Waals surface area contributed by atoms with E-state index in [1.54, 1.807) is 6.92 Å². The van der Waals surface area contributed by atoms with Crippen molar-refractivity contribution < 1.29 is 47.6 Å². The number of esters is 2. The monoisotopic (exact) mass is 666 g/mol.